The van der Waals surface area contributed by atoms with Gasteiger partial charge in [-0.2, -0.15) is 0 Å². The molecule has 3 aromatic rings. The highest BCUT2D eigenvalue weighted by atomic mass is 16.6. The molecule has 31 heavy (non-hydrogen) atoms. The fraction of sp³-hybridized carbons (Fsp3) is 0.269. The maximum Gasteiger partial charge on any atom is 0.411 e. The van der Waals surface area contributed by atoms with E-state index in [0.29, 0.717) is 0 Å². The maximum atomic E-state index is 12.5. The second-order valence-electron chi connectivity index (χ2n) is 7.77. The predicted molar refractivity (Wildman–Crippen MR) is 123 cm³/mol. The third-order valence-electron chi connectivity index (χ3n) is 5.62. The Labute approximate surface area is 183 Å². The van der Waals surface area contributed by atoms with Crippen molar-refractivity contribution in [1.29, 1.82) is 0 Å². The number of anilines is 1. The first-order valence-electron chi connectivity index (χ1n) is 10.7. The summed E-state index contributed by atoms with van der Waals surface area (Å²) in [6, 6.07) is 26.0. The van der Waals surface area contributed by atoms with Gasteiger partial charge in [0.25, 0.3) is 0 Å². The van der Waals surface area contributed by atoms with E-state index < -0.39 is 6.09 Å². The monoisotopic (exact) mass is 416 g/mol. The van der Waals surface area contributed by atoms with E-state index in [1.54, 1.807) is 7.11 Å². The zero-order chi connectivity index (χ0) is 21.5. The Balaban J connectivity index is 1.28. The first-order valence-corrected chi connectivity index (χ1v) is 10.7. The van der Waals surface area contributed by atoms with E-state index in [0.717, 1.165) is 55.0 Å². The lowest BCUT2D eigenvalue weighted by atomic mass is 10.0. The number of nitrogens with one attached hydrogen (secondary N) is 1. The Hall–Kier alpha value is -3.31. The smallest absolute Gasteiger partial charge is 0.411 e. The number of rotatable bonds is 6. The minimum absolute atomic E-state index is 0.0593. The summed E-state index contributed by atoms with van der Waals surface area (Å²) in [4.78, 5) is 14.9. The Morgan fingerprint density at radius 1 is 0.935 bits per heavy atom. The van der Waals surface area contributed by atoms with Gasteiger partial charge in [0.1, 0.15) is 11.9 Å². The normalized spacial score (nSPS) is 14.7. The fourth-order valence-corrected chi connectivity index (χ4v) is 3.93. The third-order valence-corrected chi connectivity index (χ3v) is 5.62. The van der Waals surface area contributed by atoms with E-state index >= 15 is 0 Å². The molecule has 1 aliphatic rings. The van der Waals surface area contributed by atoms with Crippen LogP contribution in [0.4, 0.5) is 10.5 Å². The second kappa shape index (κ2) is 10.1. The Morgan fingerprint density at radius 2 is 1.61 bits per heavy atom. The number of nitrogens with zero attached hydrogens (tertiary/aromatic N) is 1. The quantitative estimate of drug-likeness (QED) is 0.570. The fourth-order valence-electron chi connectivity index (χ4n) is 3.93. The highest BCUT2D eigenvalue weighted by Gasteiger charge is 2.22. The summed E-state index contributed by atoms with van der Waals surface area (Å²) >= 11 is 0. The van der Waals surface area contributed by atoms with Gasteiger partial charge in [0.2, 0.25) is 0 Å². The number of carbonyl (C=O) groups excluding carboxylic acids is 1. The van der Waals surface area contributed by atoms with Crippen LogP contribution in [0.5, 0.6) is 5.75 Å². The van der Waals surface area contributed by atoms with Gasteiger partial charge in [0.05, 0.1) is 12.8 Å². The van der Waals surface area contributed by atoms with Gasteiger partial charge in [-0.1, -0.05) is 60.7 Å². The van der Waals surface area contributed by atoms with E-state index in [2.05, 4.69) is 22.3 Å². The van der Waals surface area contributed by atoms with Gasteiger partial charge in [-0.05, 0) is 42.2 Å². The Bertz CT molecular complexity index is 981. The molecule has 1 fully saturated rings. The van der Waals surface area contributed by atoms with E-state index in [1.165, 1.54) is 5.56 Å². The molecule has 0 aliphatic carbocycles. The number of likely N-dealkylation sites (tertiary alicyclic amines) is 1. The van der Waals surface area contributed by atoms with Gasteiger partial charge in [-0.15, -0.1) is 0 Å². The molecule has 1 N–H and O–H groups in total. The standard InChI is InChI=1S/C26H28N2O3/c1-30-22-13-11-20(12-14-22)19-28-17-15-23(16-18-28)31-26(29)27-25-10-6-5-9-24(25)21-7-3-2-4-8-21/h2-14,23H,15-19H2,1H3,(H,27,29). The molecule has 1 amide bonds. The number of benzene rings is 3. The lowest BCUT2D eigenvalue weighted by Crippen LogP contribution is -2.38. The Morgan fingerprint density at radius 3 is 2.32 bits per heavy atom. The van der Waals surface area contributed by atoms with E-state index in [1.807, 2.05) is 66.7 Å². The van der Waals surface area contributed by atoms with Gasteiger partial charge >= 0.3 is 6.09 Å². The molecule has 1 saturated heterocycles. The summed E-state index contributed by atoms with van der Waals surface area (Å²) in [6.07, 6.45) is 1.22. The lowest BCUT2D eigenvalue weighted by Gasteiger charge is -2.31. The van der Waals surface area contributed by atoms with Crippen molar-refractivity contribution in [1.82, 2.24) is 4.90 Å². The van der Waals surface area contributed by atoms with Crippen molar-refractivity contribution in [2.24, 2.45) is 0 Å². The van der Waals surface area contributed by atoms with Gasteiger partial charge in [-0.25, -0.2) is 4.79 Å². The molecule has 0 bridgehead atoms. The topological polar surface area (TPSA) is 50.8 Å². The number of piperidine rings is 1. The first-order chi connectivity index (χ1) is 15.2. The summed E-state index contributed by atoms with van der Waals surface area (Å²) in [6.45, 7) is 2.71. The summed E-state index contributed by atoms with van der Waals surface area (Å²) in [7, 11) is 1.68. The van der Waals surface area contributed by atoms with E-state index in [9.17, 15) is 4.79 Å². The average molecular weight is 417 g/mol. The van der Waals surface area contributed by atoms with Crippen LogP contribution in [-0.4, -0.2) is 37.3 Å². The largest absolute Gasteiger partial charge is 0.497 e. The van der Waals surface area contributed by atoms with Crippen molar-refractivity contribution >= 4 is 11.8 Å². The van der Waals surface area contributed by atoms with Crippen LogP contribution >= 0.6 is 0 Å². The highest BCUT2D eigenvalue weighted by Crippen LogP contribution is 2.28. The highest BCUT2D eigenvalue weighted by molar-refractivity contribution is 5.91. The summed E-state index contributed by atoms with van der Waals surface area (Å²) < 4.78 is 10.9. The number of ether oxygens (including phenoxy) is 2. The van der Waals surface area contributed by atoms with Crippen LogP contribution in [0, 0.1) is 0 Å². The zero-order valence-corrected chi connectivity index (χ0v) is 17.8. The van der Waals surface area contributed by atoms with Crippen LogP contribution in [0.15, 0.2) is 78.9 Å². The van der Waals surface area contributed by atoms with Crippen LogP contribution < -0.4 is 10.1 Å². The van der Waals surface area contributed by atoms with E-state index in [4.69, 9.17) is 9.47 Å². The van der Waals surface area contributed by atoms with Crippen molar-refractivity contribution in [2.45, 2.75) is 25.5 Å². The molecular weight excluding hydrogens is 388 g/mol. The van der Waals surface area contributed by atoms with Gasteiger partial charge in [0, 0.05) is 25.2 Å². The second-order valence-corrected chi connectivity index (χ2v) is 7.77. The van der Waals surface area contributed by atoms with Crippen LogP contribution in [0.2, 0.25) is 0 Å². The van der Waals surface area contributed by atoms with E-state index in [-0.39, 0.29) is 6.10 Å². The van der Waals surface area contributed by atoms with Crippen molar-refractivity contribution in [2.75, 3.05) is 25.5 Å². The molecule has 0 saturated carbocycles. The molecule has 4 rings (SSSR count). The average Bonchev–Trinajstić information content (AvgIpc) is 2.82. The molecule has 5 nitrogen and oxygen atoms in total. The van der Waals surface area contributed by atoms with Crippen LogP contribution in [0.3, 0.4) is 0 Å². The van der Waals surface area contributed by atoms with Gasteiger partial charge in [0.15, 0.2) is 0 Å². The molecule has 0 aromatic heterocycles. The number of methoxy groups -OCH3 is 1. The summed E-state index contributed by atoms with van der Waals surface area (Å²) in [5.74, 6) is 0.871. The maximum absolute atomic E-state index is 12.5. The lowest BCUT2D eigenvalue weighted by molar-refractivity contribution is 0.0567. The number of carbonyl (C=O) groups is 1. The van der Waals surface area contributed by atoms with Crippen molar-refractivity contribution in [3.63, 3.8) is 0 Å². The summed E-state index contributed by atoms with van der Waals surface area (Å²) in [5.41, 5.74) is 4.06. The van der Waals surface area contributed by atoms with Crippen LogP contribution in [-0.2, 0) is 11.3 Å². The molecule has 5 heteroatoms. The molecule has 1 aliphatic heterocycles. The molecule has 0 atom stereocenters. The molecule has 0 unspecified atom stereocenters. The number of amides is 1. The van der Waals surface area contributed by atoms with Crippen molar-refractivity contribution in [3.05, 3.63) is 84.4 Å². The molecule has 0 radical (unpaired) electrons. The zero-order valence-electron chi connectivity index (χ0n) is 17.8. The predicted octanol–water partition coefficient (Wildman–Crippen LogP) is 5.58. The minimum atomic E-state index is -0.392. The van der Waals surface area contributed by atoms with Crippen molar-refractivity contribution < 1.29 is 14.3 Å². The number of hydrogen-bond donors (Lipinski definition) is 1. The SMILES string of the molecule is COc1ccc(CN2CCC(OC(=O)Nc3ccccc3-c3ccccc3)CC2)cc1. The Kier molecular flexibility index (Phi) is 6.85. The third kappa shape index (κ3) is 5.64. The van der Waals surface area contributed by atoms with Gasteiger partial charge < -0.3 is 9.47 Å². The molecular formula is C26H28N2O3. The van der Waals surface area contributed by atoms with Crippen LogP contribution in [0.25, 0.3) is 11.1 Å². The molecule has 160 valence electrons. The minimum Gasteiger partial charge on any atom is -0.497 e. The first kappa shape index (κ1) is 20.9. The number of para-hydroxylation sites is 1. The molecule has 3 aromatic carbocycles. The van der Waals surface area contributed by atoms with Crippen molar-refractivity contribution in [3.8, 4) is 16.9 Å². The number of hydrogen-bond acceptors (Lipinski definition) is 4. The summed E-state index contributed by atoms with van der Waals surface area (Å²) in [5, 5.41) is 2.93. The molecule has 1 heterocycles. The molecule has 0 spiro atoms. The van der Waals surface area contributed by atoms with Crippen LogP contribution in [0.1, 0.15) is 18.4 Å². The van der Waals surface area contributed by atoms with Gasteiger partial charge in [-0.3, -0.25) is 10.2 Å².